The molecule has 10 heteroatoms. The third-order valence-corrected chi connectivity index (χ3v) is 5.65. The molecule has 10 nitrogen and oxygen atoms in total. The van der Waals surface area contributed by atoms with Crippen molar-refractivity contribution in [3.63, 3.8) is 0 Å². The van der Waals surface area contributed by atoms with Crippen LogP contribution in [0.15, 0.2) is 48.7 Å². The largest absolute Gasteiger partial charge is 0.477 e. The van der Waals surface area contributed by atoms with Crippen molar-refractivity contribution in [1.29, 1.82) is 0 Å². The smallest absolute Gasteiger partial charge is 0.278 e. The molecule has 0 saturated heterocycles. The van der Waals surface area contributed by atoms with Gasteiger partial charge in [-0.1, -0.05) is 24.3 Å². The van der Waals surface area contributed by atoms with Crippen molar-refractivity contribution in [3.05, 3.63) is 83.2 Å². The van der Waals surface area contributed by atoms with E-state index in [1.54, 1.807) is 10.9 Å². The summed E-state index contributed by atoms with van der Waals surface area (Å²) in [6, 6.07) is 14.2. The number of hydrogen-bond donors (Lipinski definition) is 0. The number of para-hydroxylation sites is 1. The van der Waals surface area contributed by atoms with E-state index in [2.05, 4.69) is 48.2 Å². The van der Waals surface area contributed by atoms with Crippen LogP contribution in [0.5, 0.6) is 11.8 Å². The van der Waals surface area contributed by atoms with Crippen molar-refractivity contribution >= 4 is 10.9 Å². The van der Waals surface area contributed by atoms with Gasteiger partial charge in [0.25, 0.3) is 11.8 Å². The second-order valence-electron chi connectivity index (χ2n) is 8.30. The Kier molecular flexibility index (Phi) is 6.48. The lowest BCUT2D eigenvalue weighted by molar-refractivity contribution is 0.330. The quantitative estimate of drug-likeness (QED) is 0.328. The van der Waals surface area contributed by atoms with E-state index in [1.165, 1.54) is 14.2 Å². The fraction of sp³-hybridized carbons (Fsp3) is 0.269. The van der Waals surface area contributed by atoms with Gasteiger partial charge in [0.2, 0.25) is 0 Å². The van der Waals surface area contributed by atoms with Gasteiger partial charge in [0.1, 0.15) is 17.5 Å². The maximum absolute atomic E-state index is 5.29. The molecule has 5 rings (SSSR count). The molecule has 4 aromatic heterocycles. The Hall–Kier alpha value is -4.47. The molecule has 0 saturated carbocycles. The standard InChI is InChI=1S/C26H26N8O2/c1-16-28-20(12-11-19-10-9-18-7-5-6-8-22(18)31-19)13-23(29-16)34-24(30-17(2)33-34)14-21-15-27-25(35-3)26(32-21)36-4/h5-10,13,15H,11-12,14H2,1-4H3. The molecule has 0 atom stereocenters. The minimum absolute atomic E-state index is 0.320. The highest BCUT2D eigenvalue weighted by molar-refractivity contribution is 5.78. The number of hydrogen-bond acceptors (Lipinski definition) is 9. The van der Waals surface area contributed by atoms with Gasteiger partial charge >= 0.3 is 0 Å². The lowest BCUT2D eigenvalue weighted by Crippen LogP contribution is -2.10. The van der Waals surface area contributed by atoms with E-state index in [-0.39, 0.29) is 0 Å². The van der Waals surface area contributed by atoms with Gasteiger partial charge in [-0.05, 0) is 38.8 Å². The van der Waals surface area contributed by atoms with Crippen molar-refractivity contribution in [1.82, 2.24) is 39.7 Å². The van der Waals surface area contributed by atoms with Crippen molar-refractivity contribution < 1.29 is 9.47 Å². The third-order valence-electron chi connectivity index (χ3n) is 5.65. The molecule has 0 unspecified atom stereocenters. The highest BCUT2D eigenvalue weighted by atomic mass is 16.5. The summed E-state index contributed by atoms with van der Waals surface area (Å²) in [7, 11) is 3.05. The Balaban J connectivity index is 1.40. The first-order valence-corrected chi connectivity index (χ1v) is 11.6. The summed E-state index contributed by atoms with van der Waals surface area (Å²) < 4.78 is 12.2. The van der Waals surface area contributed by atoms with Crippen LogP contribution in [0.1, 0.15) is 34.6 Å². The van der Waals surface area contributed by atoms with Crippen LogP contribution in [-0.4, -0.2) is 53.9 Å². The van der Waals surface area contributed by atoms with Crippen LogP contribution in [0.2, 0.25) is 0 Å². The predicted octanol–water partition coefficient (Wildman–Crippen LogP) is 3.41. The molecule has 0 N–H and O–H groups in total. The summed E-state index contributed by atoms with van der Waals surface area (Å²) >= 11 is 0. The molecular formula is C26H26N8O2. The van der Waals surface area contributed by atoms with Gasteiger partial charge in [-0.15, -0.1) is 5.10 Å². The summed E-state index contributed by atoms with van der Waals surface area (Å²) in [5, 5.41) is 5.72. The Morgan fingerprint density at radius 2 is 1.56 bits per heavy atom. The number of aryl methyl sites for hydroxylation is 4. The van der Waals surface area contributed by atoms with Crippen molar-refractivity contribution in [2.45, 2.75) is 33.1 Å². The molecule has 0 aliphatic rings. The average molecular weight is 483 g/mol. The molecule has 0 spiro atoms. The fourth-order valence-corrected chi connectivity index (χ4v) is 4.02. The third kappa shape index (κ3) is 4.97. The number of benzene rings is 1. The average Bonchev–Trinajstić information content (AvgIpc) is 3.26. The number of nitrogens with zero attached hydrogens (tertiary/aromatic N) is 8. The number of rotatable bonds is 8. The van der Waals surface area contributed by atoms with E-state index in [0.717, 1.165) is 35.1 Å². The van der Waals surface area contributed by atoms with Gasteiger partial charge in [-0.25, -0.2) is 24.9 Å². The Morgan fingerprint density at radius 3 is 2.39 bits per heavy atom. The summed E-state index contributed by atoms with van der Waals surface area (Å²) in [6.07, 6.45) is 3.54. The SMILES string of the molecule is COc1ncc(Cc2nc(C)nn2-c2cc(CCc3ccc4ccccc4n3)nc(C)n2)nc1OC. The number of ether oxygens (including phenoxy) is 2. The Morgan fingerprint density at radius 1 is 0.750 bits per heavy atom. The van der Waals surface area contributed by atoms with Gasteiger partial charge in [-0.3, -0.25) is 4.98 Å². The maximum atomic E-state index is 5.29. The van der Waals surface area contributed by atoms with E-state index in [9.17, 15) is 0 Å². The number of aromatic nitrogens is 8. The van der Waals surface area contributed by atoms with Crippen molar-refractivity contribution in [3.8, 4) is 17.6 Å². The lowest BCUT2D eigenvalue weighted by Gasteiger charge is -2.10. The maximum Gasteiger partial charge on any atom is 0.278 e. The monoisotopic (exact) mass is 482 g/mol. The zero-order chi connectivity index (χ0) is 25.1. The molecular weight excluding hydrogens is 456 g/mol. The first-order valence-electron chi connectivity index (χ1n) is 11.6. The van der Waals surface area contributed by atoms with Crippen LogP contribution in [-0.2, 0) is 19.3 Å². The van der Waals surface area contributed by atoms with Gasteiger partial charge in [-0.2, -0.15) is 4.68 Å². The van der Waals surface area contributed by atoms with E-state index >= 15 is 0 Å². The van der Waals surface area contributed by atoms with Crippen LogP contribution in [0, 0.1) is 13.8 Å². The molecule has 0 aliphatic heterocycles. The van der Waals surface area contributed by atoms with Gasteiger partial charge in [0, 0.05) is 22.8 Å². The summed E-state index contributed by atoms with van der Waals surface area (Å²) in [6.45, 7) is 3.73. The second-order valence-corrected chi connectivity index (χ2v) is 8.30. The molecule has 5 aromatic rings. The predicted molar refractivity (Wildman–Crippen MR) is 134 cm³/mol. The molecule has 4 heterocycles. The molecule has 1 aromatic carbocycles. The zero-order valence-electron chi connectivity index (χ0n) is 20.6. The molecule has 182 valence electrons. The van der Waals surface area contributed by atoms with Crippen LogP contribution in [0.25, 0.3) is 16.7 Å². The Labute approximate surface area is 208 Å². The van der Waals surface area contributed by atoms with Crippen LogP contribution < -0.4 is 9.47 Å². The zero-order valence-corrected chi connectivity index (χ0v) is 20.6. The first kappa shape index (κ1) is 23.3. The van der Waals surface area contributed by atoms with E-state index in [1.807, 2.05) is 38.1 Å². The minimum atomic E-state index is 0.320. The topological polar surface area (TPSA) is 114 Å². The highest BCUT2D eigenvalue weighted by Crippen LogP contribution is 2.22. The number of fused-ring (bicyclic) bond motifs is 1. The molecule has 0 radical (unpaired) electrons. The molecule has 0 fully saturated rings. The van der Waals surface area contributed by atoms with Gasteiger partial charge in [0.15, 0.2) is 5.82 Å². The number of pyridine rings is 1. The van der Waals surface area contributed by atoms with Crippen LogP contribution in [0.3, 0.4) is 0 Å². The lowest BCUT2D eigenvalue weighted by atomic mass is 10.1. The second kappa shape index (κ2) is 10.0. The summed E-state index contributed by atoms with van der Waals surface area (Å²) in [5.41, 5.74) is 3.61. The van der Waals surface area contributed by atoms with E-state index in [0.29, 0.717) is 47.2 Å². The van der Waals surface area contributed by atoms with E-state index in [4.69, 9.17) is 14.5 Å². The Bertz CT molecular complexity index is 1530. The van der Waals surface area contributed by atoms with Crippen molar-refractivity contribution in [2.75, 3.05) is 14.2 Å². The van der Waals surface area contributed by atoms with Crippen LogP contribution >= 0.6 is 0 Å². The van der Waals surface area contributed by atoms with Crippen LogP contribution in [0.4, 0.5) is 0 Å². The first-order chi connectivity index (χ1) is 17.5. The molecule has 0 amide bonds. The normalized spacial score (nSPS) is 11.1. The molecule has 36 heavy (non-hydrogen) atoms. The molecule has 0 bridgehead atoms. The highest BCUT2D eigenvalue weighted by Gasteiger charge is 2.16. The fourth-order valence-electron chi connectivity index (χ4n) is 4.02. The van der Waals surface area contributed by atoms with E-state index < -0.39 is 0 Å². The summed E-state index contributed by atoms with van der Waals surface area (Å²) in [4.78, 5) is 27.4. The summed E-state index contributed by atoms with van der Waals surface area (Å²) in [5.74, 6) is 3.30. The number of methoxy groups -OCH3 is 2. The minimum Gasteiger partial charge on any atom is -0.477 e. The van der Waals surface area contributed by atoms with Gasteiger partial charge < -0.3 is 9.47 Å². The van der Waals surface area contributed by atoms with Gasteiger partial charge in [0.05, 0.1) is 38.0 Å². The molecule has 0 aliphatic carbocycles. The van der Waals surface area contributed by atoms with Crippen molar-refractivity contribution in [2.24, 2.45) is 0 Å².